The average molecular weight is 288 g/mol. The molecule has 0 bridgehead atoms. The molecule has 3 heteroatoms. The highest BCUT2D eigenvalue weighted by Crippen LogP contribution is 2.25. The highest BCUT2D eigenvalue weighted by atomic mass is 16.5. The Morgan fingerprint density at radius 2 is 1.76 bits per heavy atom. The third kappa shape index (κ3) is 5.40. The second-order valence-corrected chi connectivity index (χ2v) is 6.88. The van der Waals surface area contributed by atoms with Crippen molar-refractivity contribution in [2.45, 2.75) is 65.0 Å². The van der Waals surface area contributed by atoms with Crippen LogP contribution in [0.5, 0.6) is 5.75 Å². The molecule has 1 rings (SSSR count). The average Bonchev–Trinajstić information content (AvgIpc) is 2.38. The zero-order valence-electron chi connectivity index (χ0n) is 14.2. The third-order valence-corrected chi connectivity index (χ3v) is 3.57. The maximum Gasteiger partial charge on any atom is 0.119 e. The molecule has 3 nitrogen and oxygen atoms in total. The van der Waals surface area contributed by atoms with Gasteiger partial charge in [-0.05, 0) is 43.5 Å². The van der Waals surface area contributed by atoms with Crippen molar-refractivity contribution in [3.8, 4) is 11.8 Å². The first kappa shape index (κ1) is 17.5. The topological polar surface area (TPSA) is 45.0 Å². The SMILES string of the molecule is CCNC(C)(C#N)CC(C)Oc1ccc(C(C)(C)C)cc1. The molecule has 0 amide bonds. The summed E-state index contributed by atoms with van der Waals surface area (Å²) in [5.41, 5.74) is 0.894. The van der Waals surface area contributed by atoms with Crippen LogP contribution in [0.2, 0.25) is 0 Å². The van der Waals surface area contributed by atoms with Crippen LogP contribution >= 0.6 is 0 Å². The first-order chi connectivity index (χ1) is 9.70. The van der Waals surface area contributed by atoms with Crippen LogP contribution in [0, 0.1) is 11.3 Å². The molecule has 0 fully saturated rings. The molecule has 2 atom stereocenters. The highest BCUT2D eigenvalue weighted by molar-refractivity contribution is 5.31. The van der Waals surface area contributed by atoms with E-state index in [1.165, 1.54) is 5.56 Å². The Kier molecular flexibility index (Phi) is 5.80. The lowest BCUT2D eigenvalue weighted by Crippen LogP contribution is -2.44. The lowest BCUT2D eigenvalue weighted by atomic mass is 9.87. The van der Waals surface area contributed by atoms with E-state index in [0.717, 1.165) is 12.3 Å². The first-order valence-electron chi connectivity index (χ1n) is 7.63. The van der Waals surface area contributed by atoms with E-state index in [-0.39, 0.29) is 11.5 Å². The lowest BCUT2D eigenvalue weighted by Gasteiger charge is -2.26. The van der Waals surface area contributed by atoms with Gasteiger partial charge in [0.25, 0.3) is 0 Å². The van der Waals surface area contributed by atoms with E-state index < -0.39 is 5.54 Å². The van der Waals surface area contributed by atoms with Gasteiger partial charge in [0.2, 0.25) is 0 Å². The van der Waals surface area contributed by atoms with Crippen molar-refractivity contribution in [3.05, 3.63) is 29.8 Å². The summed E-state index contributed by atoms with van der Waals surface area (Å²) >= 11 is 0. The summed E-state index contributed by atoms with van der Waals surface area (Å²) < 4.78 is 5.93. The number of nitriles is 1. The van der Waals surface area contributed by atoms with Gasteiger partial charge < -0.3 is 4.74 Å². The minimum Gasteiger partial charge on any atom is -0.491 e. The van der Waals surface area contributed by atoms with Crippen LogP contribution < -0.4 is 10.1 Å². The zero-order valence-corrected chi connectivity index (χ0v) is 14.2. The van der Waals surface area contributed by atoms with Crippen molar-refractivity contribution >= 4 is 0 Å². The Morgan fingerprint density at radius 1 is 1.19 bits per heavy atom. The molecule has 0 aliphatic rings. The van der Waals surface area contributed by atoms with Gasteiger partial charge in [0.05, 0.1) is 12.2 Å². The van der Waals surface area contributed by atoms with Crippen molar-refractivity contribution in [1.29, 1.82) is 5.26 Å². The summed E-state index contributed by atoms with van der Waals surface area (Å²) in [6.45, 7) is 13.3. The summed E-state index contributed by atoms with van der Waals surface area (Å²) in [6, 6.07) is 10.6. The van der Waals surface area contributed by atoms with E-state index in [2.05, 4.69) is 44.3 Å². The van der Waals surface area contributed by atoms with Crippen LogP contribution in [0.1, 0.15) is 53.5 Å². The van der Waals surface area contributed by atoms with Crippen LogP contribution in [-0.4, -0.2) is 18.2 Å². The van der Waals surface area contributed by atoms with Crippen LogP contribution in [0.3, 0.4) is 0 Å². The van der Waals surface area contributed by atoms with E-state index in [1.54, 1.807) is 0 Å². The van der Waals surface area contributed by atoms with Crippen molar-refractivity contribution in [2.24, 2.45) is 0 Å². The lowest BCUT2D eigenvalue weighted by molar-refractivity contribution is 0.180. The molecule has 116 valence electrons. The molecule has 0 heterocycles. The number of nitrogens with one attached hydrogen (secondary N) is 1. The number of benzene rings is 1. The van der Waals surface area contributed by atoms with Crippen LogP contribution in [0.15, 0.2) is 24.3 Å². The number of nitrogens with zero attached hydrogens (tertiary/aromatic N) is 1. The molecule has 1 N–H and O–H groups in total. The molecule has 2 unspecified atom stereocenters. The molecule has 21 heavy (non-hydrogen) atoms. The Labute approximate surface area is 129 Å². The van der Waals surface area contributed by atoms with Crippen molar-refractivity contribution < 1.29 is 4.74 Å². The number of hydrogen-bond donors (Lipinski definition) is 1. The van der Waals surface area contributed by atoms with Crippen LogP contribution in [0.25, 0.3) is 0 Å². The molecular formula is C18H28N2O. The van der Waals surface area contributed by atoms with Gasteiger partial charge in [-0.2, -0.15) is 5.26 Å². The van der Waals surface area contributed by atoms with Gasteiger partial charge in [0, 0.05) is 6.42 Å². The van der Waals surface area contributed by atoms with E-state index in [0.29, 0.717) is 6.42 Å². The molecule has 0 radical (unpaired) electrons. The highest BCUT2D eigenvalue weighted by Gasteiger charge is 2.26. The predicted molar refractivity (Wildman–Crippen MR) is 87.5 cm³/mol. The second-order valence-electron chi connectivity index (χ2n) is 6.88. The summed E-state index contributed by atoms with van der Waals surface area (Å²) in [7, 11) is 0. The monoisotopic (exact) mass is 288 g/mol. The maximum absolute atomic E-state index is 9.29. The molecule has 0 saturated carbocycles. The molecular weight excluding hydrogens is 260 g/mol. The van der Waals surface area contributed by atoms with Gasteiger partial charge in [-0.15, -0.1) is 0 Å². The molecule has 0 saturated heterocycles. The smallest absolute Gasteiger partial charge is 0.119 e. The van der Waals surface area contributed by atoms with Crippen molar-refractivity contribution in [1.82, 2.24) is 5.32 Å². The van der Waals surface area contributed by atoms with Crippen molar-refractivity contribution in [3.63, 3.8) is 0 Å². The van der Waals surface area contributed by atoms with Crippen LogP contribution in [0.4, 0.5) is 0 Å². The van der Waals surface area contributed by atoms with Gasteiger partial charge in [-0.3, -0.25) is 5.32 Å². The standard InChI is InChI=1S/C18H28N2O/c1-7-20-18(6,13-19)12-14(2)21-16-10-8-15(9-11-16)17(3,4)5/h8-11,14,20H,7,12H2,1-6H3. The van der Waals surface area contributed by atoms with Gasteiger partial charge in [0.1, 0.15) is 11.3 Å². The Balaban J connectivity index is 2.67. The summed E-state index contributed by atoms with van der Waals surface area (Å²) in [4.78, 5) is 0. The Morgan fingerprint density at radius 3 is 2.19 bits per heavy atom. The van der Waals surface area contributed by atoms with Gasteiger partial charge >= 0.3 is 0 Å². The number of hydrogen-bond acceptors (Lipinski definition) is 3. The van der Waals surface area contributed by atoms with E-state index in [4.69, 9.17) is 4.74 Å². The number of ether oxygens (including phenoxy) is 1. The molecule has 0 aliphatic heterocycles. The Hall–Kier alpha value is -1.53. The first-order valence-corrected chi connectivity index (χ1v) is 7.63. The predicted octanol–water partition coefficient (Wildman–Crippen LogP) is 4.03. The molecule has 1 aromatic carbocycles. The summed E-state index contributed by atoms with van der Waals surface area (Å²) in [6.07, 6.45) is 0.632. The van der Waals surface area contributed by atoms with Gasteiger partial charge in [-0.1, -0.05) is 39.8 Å². The molecule has 0 aromatic heterocycles. The summed E-state index contributed by atoms with van der Waals surface area (Å²) in [5, 5.41) is 12.5. The molecule has 1 aromatic rings. The minimum atomic E-state index is -0.542. The van der Waals surface area contributed by atoms with Crippen LogP contribution in [-0.2, 0) is 5.41 Å². The minimum absolute atomic E-state index is 0.0193. The second kappa shape index (κ2) is 6.95. The fourth-order valence-electron chi connectivity index (χ4n) is 2.43. The van der Waals surface area contributed by atoms with Crippen molar-refractivity contribution in [2.75, 3.05) is 6.54 Å². The largest absolute Gasteiger partial charge is 0.491 e. The van der Waals surface area contributed by atoms with E-state index >= 15 is 0 Å². The van der Waals surface area contributed by atoms with Gasteiger partial charge in [-0.25, -0.2) is 0 Å². The van der Waals surface area contributed by atoms with E-state index in [9.17, 15) is 5.26 Å². The maximum atomic E-state index is 9.29. The normalized spacial score (nSPS) is 15.9. The zero-order chi connectivity index (χ0) is 16.1. The van der Waals surface area contributed by atoms with Gasteiger partial charge in [0.15, 0.2) is 0 Å². The Bertz CT molecular complexity index is 481. The van der Waals surface area contributed by atoms with E-state index in [1.807, 2.05) is 32.9 Å². The fourth-order valence-corrected chi connectivity index (χ4v) is 2.43. The summed E-state index contributed by atoms with van der Waals surface area (Å²) in [5.74, 6) is 0.854. The fraction of sp³-hybridized carbons (Fsp3) is 0.611. The molecule has 0 spiro atoms. The third-order valence-electron chi connectivity index (χ3n) is 3.57. The number of rotatable bonds is 6. The molecule has 0 aliphatic carbocycles. The quantitative estimate of drug-likeness (QED) is 0.859.